The summed E-state index contributed by atoms with van der Waals surface area (Å²) in [5.41, 5.74) is 3.37. The van der Waals surface area contributed by atoms with Crippen molar-refractivity contribution in [1.29, 1.82) is 0 Å². The van der Waals surface area contributed by atoms with Gasteiger partial charge in [0, 0.05) is 31.5 Å². The van der Waals surface area contributed by atoms with E-state index in [1.165, 1.54) is 38.5 Å². The lowest BCUT2D eigenvalue weighted by Gasteiger charge is -2.54. The van der Waals surface area contributed by atoms with Crippen LogP contribution in [-0.2, 0) is 17.6 Å². The maximum atomic E-state index is 13.8. The van der Waals surface area contributed by atoms with Gasteiger partial charge in [0.25, 0.3) is 0 Å². The molecule has 42 heavy (non-hydrogen) atoms. The highest BCUT2D eigenvalue weighted by Gasteiger charge is 2.45. The van der Waals surface area contributed by atoms with Crippen LogP contribution in [-0.4, -0.2) is 70.7 Å². The molecular formula is C35H50N2O5. The van der Waals surface area contributed by atoms with Gasteiger partial charge >= 0.3 is 0 Å². The van der Waals surface area contributed by atoms with Crippen LogP contribution in [0.15, 0.2) is 48.5 Å². The molecule has 0 aromatic heterocycles. The summed E-state index contributed by atoms with van der Waals surface area (Å²) in [5.74, 6) is 0.860. The number of carbonyl (C=O) groups excluding carboxylic acids is 1. The summed E-state index contributed by atoms with van der Waals surface area (Å²) in [5, 5.41) is 34.5. The van der Waals surface area contributed by atoms with Gasteiger partial charge in [-0.25, -0.2) is 0 Å². The molecule has 1 saturated heterocycles. The molecule has 1 amide bonds. The van der Waals surface area contributed by atoms with E-state index in [9.17, 15) is 15.0 Å². The van der Waals surface area contributed by atoms with E-state index in [0.29, 0.717) is 43.0 Å². The molecule has 4 N–H and O–H groups in total. The van der Waals surface area contributed by atoms with Crippen molar-refractivity contribution in [2.45, 2.75) is 95.9 Å². The van der Waals surface area contributed by atoms with Gasteiger partial charge in [-0.1, -0.05) is 56.2 Å². The Kier molecular flexibility index (Phi) is 10.3. The highest BCUT2D eigenvalue weighted by molar-refractivity contribution is 5.80. The Morgan fingerprint density at radius 2 is 1.95 bits per heavy atom. The minimum atomic E-state index is -0.664. The molecule has 7 nitrogen and oxygen atoms in total. The molecule has 0 bridgehead atoms. The fourth-order valence-electron chi connectivity index (χ4n) is 8.04. The predicted octanol–water partition coefficient (Wildman–Crippen LogP) is 4.42. The number of nitrogens with one attached hydrogen (secondary N) is 1. The first-order valence-electron chi connectivity index (χ1n) is 16.1. The number of hydrogen-bond acceptors (Lipinski definition) is 6. The second-order valence-electron chi connectivity index (χ2n) is 13.1. The van der Waals surface area contributed by atoms with Crippen LogP contribution < -0.4 is 10.1 Å². The smallest absolute Gasteiger partial charge is 0.224 e. The molecule has 7 atom stereocenters. The summed E-state index contributed by atoms with van der Waals surface area (Å²) in [4.78, 5) is 16.3. The lowest BCUT2D eigenvalue weighted by atomic mass is 9.60. The van der Waals surface area contributed by atoms with Gasteiger partial charge in [-0.3, -0.25) is 9.69 Å². The summed E-state index contributed by atoms with van der Waals surface area (Å²) in [7, 11) is 0. The van der Waals surface area contributed by atoms with Crippen LogP contribution in [0.2, 0.25) is 0 Å². The van der Waals surface area contributed by atoms with Gasteiger partial charge in [-0.15, -0.1) is 0 Å². The minimum absolute atomic E-state index is 0.0479. The van der Waals surface area contributed by atoms with Crippen molar-refractivity contribution in [3.8, 4) is 5.75 Å². The van der Waals surface area contributed by atoms with Crippen LogP contribution in [0.5, 0.6) is 5.75 Å². The lowest BCUT2D eigenvalue weighted by molar-refractivity contribution is -0.128. The van der Waals surface area contributed by atoms with Crippen molar-refractivity contribution in [2.24, 2.45) is 17.3 Å². The quantitative estimate of drug-likeness (QED) is 0.297. The third kappa shape index (κ3) is 7.02. The summed E-state index contributed by atoms with van der Waals surface area (Å²) in [6.07, 6.45) is 7.68. The van der Waals surface area contributed by atoms with Crippen LogP contribution in [0, 0.1) is 17.3 Å². The van der Waals surface area contributed by atoms with Gasteiger partial charge in [0.15, 0.2) is 0 Å². The number of piperidine rings is 1. The van der Waals surface area contributed by atoms with Crippen molar-refractivity contribution < 1.29 is 24.9 Å². The van der Waals surface area contributed by atoms with Gasteiger partial charge in [0.1, 0.15) is 12.4 Å². The normalized spacial score (nSPS) is 28.9. The Hall–Kier alpha value is -2.45. The zero-order valence-electron chi connectivity index (χ0n) is 25.4. The Bertz CT molecular complexity index is 1170. The Balaban J connectivity index is 1.29. The molecule has 2 unspecified atom stereocenters. The second kappa shape index (κ2) is 13.9. The third-order valence-electron chi connectivity index (χ3n) is 10.5. The summed E-state index contributed by atoms with van der Waals surface area (Å²) < 4.78 is 5.51. The number of aliphatic hydroxyl groups excluding tert-OH is 3. The number of hydrogen-bond donors (Lipinski definition) is 4. The fourth-order valence-corrected chi connectivity index (χ4v) is 8.04. The van der Waals surface area contributed by atoms with Crippen molar-refractivity contribution in [2.75, 3.05) is 26.3 Å². The molecule has 2 aromatic rings. The molecule has 2 aromatic carbocycles. The topological polar surface area (TPSA) is 102 Å². The monoisotopic (exact) mass is 578 g/mol. The lowest BCUT2D eigenvalue weighted by Crippen LogP contribution is -2.55. The number of carbonyl (C=O) groups is 1. The van der Waals surface area contributed by atoms with Crippen LogP contribution in [0.4, 0.5) is 0 Å². The zero-order chi connectivity index (χ0) is 29.7. The molecule has 2 fully saturated rings. The molecule has 5 rings (SSSR count). The molecule has 7 heteroatoms. The molecule has 1 aliphatic heterocycles. The van der Waals surface area contributed by atoms with Crippen molar-refractivity contribution in [1.82, 2.24) is 10.2 Å². The maximum absolute atomic E-state index is 13.8. The van der Waals surface area contributed by atoms with Gasteiger partial charge in [-0.2, -0.15) is 0 Å². The highest BCUT2D eigenvalue weighted by Crippen LogP contribution is 2.50. The van der Waals surface area contributed by atoms with Crippen molar-refractivity contribution >= 4 is 5.91 Å². The van der Waals surface area contributed by atoms with Crippen LogP contribution in [0.3, 0.4) is 0 Å². The highest BCUT2D eigenvalue weighted by atomic mass is 16.5. The predicted molar refractivity (Wildman–Crippen MR) is 164 cm³/mol. The SMILES string of the molecule is CCC12CCCCC1C[C@@H](C)N(C[C@@H](O)C[C@@H](Cc1ccc(OCCO)cc1)C(=O)N[C@H]1c3ccccc3C[C@H]1O)C2. The molecule has 230 valence electrons. The number of nitrogens with zero attached hydrogens (tertiary/aromatic N) is 1. The Morgan fingerprint density at radius 3 is 2.71 bits per heavy atom. The third-order valence-corrected chi connectivity index (χ3v) is 10.5. The van der Waals surface area contributed by atoms with Crippen molar-refractivity contribution in [3.63, 3.8) is 0 Å². The number of β-amino-alcohol motifs (C(OH)–C–C–N with tert-alkyl or cyclic N) is 1. The van der Waals surface area contributed by atoms with Crippen LogP contribution >= 0.6 is 0 Å². The van der Waals surface area contributed by atoms with E-state index < -0.39 is 24.2 Å². The number of aliphatic hydroxyl groups is 3. The number of likely N-dealkylation sites (tertiary alicyclic amines) is 1. The maximum Gasteiger partial charge on any atom is 0.224 e. The largest absolute Gasteiger partial charge is 0.491 e. The first kappa shape index (κ1) is 31.0. The summed E-state index contributed by atoms with van der Waals surface area (Å²) in [6, 6.07) is 15.5. The molecule has 1 saturated carbocycles. The standard InChI is InChI=1S/C35H50N2O5/c1-3-35-15-7-6-9-28(35)18-24(2)37(23-35)22-29(39)20-27(19-25-11-13-30(14-12-25)42-17-16-38)34(41)36-33-31-10-5-4-8-26(31)21-32(33)40/h4-5,8,10-14,24,27-29,32-33,38-40H,3,6-7,9,15-23H2,1-2H3,(H,36,41)/t24-,27-,28?,29+,32-,33+,35?/m1/s1. The Morgan fingerprint density at radius 1 is 1.17 bits per heavy atom. The van der Waals surface area contributed by atoms with Gasteiger partial charge in [0.2, 0.25) is 5.91 Å². The van der Waals surface area contributed by atoms with E-state index in [0.717, 1.165) is 29.2 Å². The minimum Gasteiger partial charge on any atom is -0.491 e. The molecule has 2 aliphatic carbocycles. The average molecular weight is 579 g/mol. The van der Waals surface area contributed by atoms with Gasteiger partial charge in [-0.05, 0) is 85.6 Å². The molecule has 3 aliphatic rings. The van der Waals surface area contributed by atoms with E-state index in [1.807, 2.05) is 48.5 Å². The van der Waals surface area contributed by atoms with E-state index in [-0.39, 0.29) is 19.1 Å². The van der Waals surface area contributed by atoms with Crippen LogP contribution in [0.1, 0.15) is 81.5 Å². The molecule has 0 radical (unpaired) electrons. The first-order chi connectivity index (χ1) is 20.3. The summed E-state index contributed by atoms with van der Waals surface area (Å²) >= 11 is 0. The molecule has 1 heterocycles. The van der Waals surface area contributed by atoms with Gasteiger partial charge in [0.05, 0.1) is 24.9 Å². The summed E-state index contributed by atoms with van der Waals surface area (Å²) in [6.45, 7) is 6.42. The molecular weight excluding hydrogens is 528 g/mol. The number of benzene rings is 2. The number of ether oxygens (including phenoxy) is 1. The van der Waals surface area contributed by atoms with E-state index in [2.05, 4.69) is 24.1 Å². The van der Waals surface area contributed by atoms with E-state index in [4.69, 9.17) is 9.84 Å². The molecule has 0 spiro atoms. The van der Waals surface area contributed by atoms with Gasteiger partial charge < -0.3 is 25.4 Å². The van der Waals surface area contributed by atoms with Crippen molar-refractivity contribution in [3.05, 3.63) is 65.2 Å². The number of fused-ring (bicyclic) bond motifs is 2. The fraction of sp³-hybridized carbons (Fsp3) is 0.629. The second-order valence-corrected chi connectivity index (χ2v) is 13.1. The first-order valence-corrected chi connectivity index (χ1v) is 16.1. The van der Waals surface area contributed by atoms with E-state index >= 15 is 0 Å². The number of amides is 1. The average Bonchev–Trinajstić information content (AvgIpc) is 3.31. The number of rotatable bonds is 12. The van der Waals surface area contributed by atoms with Crippen LogP contribution in [0.25, 0.3) is 0 Å². The van der Waals surface area contributed by atoms with E-state index in [1.54, 1.807) is 0 Å². The Labute approximate surface area is 251 Å². The zero-order valence-corrected chi connectivity index (χ0v) is 25.4.